The van der Waals surface area contributed by atoms with Gasteiger partial charge in [0.1, 0.15) is 0 Å². The molecule has 0 radical (unpaired) electrons. The van der Waals surface area contributed by atoms with Gasteiger partial charge in [-0.3, -0.25) is 0 Å². The summed E-state index contributed by atoms with van der Waals surface area (Å²) in [4.78, 5) is 0. The van der Waals surface area contributed by atoms with Gasteiger partial charge in [-0.2, -0.15) is 0 Å². The van der Waals surface area contributed by atoms with Gasteiger partial charge >= 0.3 is 0 Å². The Morgan fingerprint density at radius 2 is 2.00 bits per heavy atom. The fraction of sp³-hybridized carbons (Fsp3) is 0.333. The van der Waals surface area contributed by atoms with Crippen LogP contribution in [0.2, 0.25) is 0 Å². The first-order valence-electron chi connectivity index (χ1n) is 4.84. The van der Waals surface area contributed by atoms with E-state index in [4.69, 9.17) is 11.5 Å². The zero-order valence-electron chi connectivity index (χ0n) is 9.04. The zero-order chi connectivity index (χ0) is 10.7. The lowest BCUT2D eigenvalue weighted by Crippen LogP contribution is -1.96. The molecule has 2 heteroatoms. The first kappa shape index (κ1) is 10.6. The minimum Gasteiger partial charge on any atom is -0.402 e. The summed E-state index contributed by atoms with van der Waals surface area (Å²) >= 11 is 0. The summed E-state index contributed by atoms with van der Waals surface area (Å²) in [5.74, 6) is 0.515. The second kappa shape index (κ2) is 4.18. The lowest BCUT2D eigenvalue weighted by molar-refractivity contribution is 0.866. The molecule has 14 heavy (non-hydrogen) atoms. The molecule has 76 valence electrons. The van der Waals surface area contributed by atoms with Crippen molar-refractivity contribution in [3.8, 4) is 0 Å². The summed E-state index contributed by atoms with van der Waals surface area (Å²) < 4.78 is 0. The molecule has 0 unspecified atom stereocenters. The number of benzene rings is 1. The maximum absolute atomic E-state index is 5.84. The second-order valence-electron chi connectivity index (χ2n) is 3.93. The van der Waals surface area contributed by atoms with Crippen LogP contribution in [0.15, 0.2) is 23.9 Å². The molecule has 2 nitrogen and oxygen atoms in total. The van der Waals surface area contributed by atoms with Gasteiger partial charge in [0.25, 0.3) is 0 Å². The summed E-state index contributed by atoms with van der Waals surface area (Å²) in [6.45, 7) is 6.18. The van der Waals surface area contributed by atoms with Crippen LogP contribution >= 0.6 is 0 Å². The van der Waals surface area contributed by atoms with E-state index in [0.717, 1.165) is 16.9 Å². The van der Waals surface area contributed by atoms with Gasteiger partial charge in [0.2, 0.25) is 0 Å². The zero-order valence-corrected chi connectivity index (χ0v) is 9.04. The lowest BCUT2D eigenvalue weighted by atomic mass is 9.99. The van der Waals surface area contributed by atoms with Gasteiger partial charge < -0.3 is 11.5 Å². The number of hydrogen-bond donors (Lipinski definition) is 2. The molecular formula is C12H18N2. The quantitative estimate of drug-likeness (QED) is 0.704. The molecule has 1 aromatic carbocycles. The standard InChI is InChI=1S/C12H18N2/c1-8(2)10-4-5-12(14)11(7-10)6-9(3)13/h4-8H,13-14H2,1-3H3/b9-6-. The summed E-state index contributed by atoms with van der Waals surface area (Å²) in [7, 11) is 0. The SMILES string of the molecule is C/C(N)=C/c1cc(C(C)C)ccc1N. The topological polar surface area (TPSA) is 52.0 Å². The van der Waals surface area contributed by atoms with Crippen LogP contribution in [-0.2, 0) is 0 Å². The second-order valence-corrected chi connectivity index (χ2v) is 3.93. The third-order valence-electron chi connectivity index (χ3n) is 2.16. The predicted octanol–water partition coefficient (Wildman–Crippen LogP) is 2.71. The first-order chi connectivity index (χ1) is 6.50. The van der Waals surface area contributed by atoms with Gasteiger partial charge in [0, 0.05) is 11.4 Å². The molecule has 0 atom stereocenters. The Morgan fingerprint density at radius 3 is 2.50 bits per heavy atom. The van der Waals surface area contributed by atoms with E-state index in [2.05, 4.69) is 26.0 Å². The predicted molar refractivity (Wildman–Crippen MR) is 62.8 cm³/mol. The van der Waals surface area contributed by atoms with E-state index in [-0.39, 0.29) is 0 Å². The van der Waals surface area contributed by atoms with Crippen molar-refractivity contribution in [3.05, 3.63) is 35.0 Å². The molecule has 4 N–H and O–H groups in total. The van der Waals surface area contributed by atoms with Gasteiger partial charge in [0.05, 0.1) is 0 Å². The van der Waals surface area contributed by atoms with Gasteiger partial charge in [-0.1, -0.05) is 19.9 Å². The molecular weight excluding hydrogens is 172 g/mol. The molecule has 0 aliphatic carbocycles. The van der Waals surface area contributed by atoms with E-state index < -0.39 is 0 Å². The molecule has 0 saturated heterocycles. The number of anilines is 1. The molecule has 0 heterocycles. The van der Waals surface area contributed by atoms with Crippen molar-refractivity contribution in [2.24, 2.45) is 5.73 Å². The largest absolute Gasteiger partial charge is 0.402 e. The summed E-state index contributed by atoms with van der Waals surface area (Å²) in [6.07, 6.45) is 1.90. The Kier molecular flexibility index (Phi) is 3.18. The smallest absolute Gasteiger partial charge is 0.0388 e. The van der Waals surface area contributed by atoms with Crippen molar-refractivity contribution in [2.75, 3.05) is 5.73 Å². The van der Waals surface area contributed by atoms with Crippen molar-refractivity contribution in [1.29, 1.82) is 0 Å². The fourth-order valence-corrected chi connectivity index (χ4v) is 1.32. The van der Waals surface area contributed by atoms with Crippen LogP contribution in [0.4, 0.5) is 5.69 Å². The number of hydrogen-bond acceptors (Lipinski definition) is 2. The Bertz CT molecular complexity index is 347. The Morgan fingerprint density at radius 1 is 1.36 bits per heavy atom. The lowest BCUT2D eigenvalue weighted by Gasteiger charge is -2.08. The van der Waals surface area contributed by atoms with Crippen LogP contribution in [0.3, 0.4) is 0 Å². The van der Waals surface area contributed by atoms with Crippen molar-refractivity contribution in [3.63, 3.8) is 0 Å². The molecule has 0 fully saturated rings. The average Bonchev–Trinajstić information content (AvgIpc) is 2.07. The average molecular weight is 190 g/mol. The molecule has 0 aromatic heterocycles. The van der Waals surface area contributed by atoms with Crippen LogP contribution in [0.25, 0.3) is 6.08 Å². The Hall–Kier alpha value is -1.44. The third-order valence-corrected chi connectivity index (χ3v) is 2.16. The summed E-state index contributed by atoms with van der Waals surface area (Å²) in [6, 6.07) is 6.09. The van der Waals surface area contributed by atoms with E-state index in [9.17, 15) is 0 Å². The molecule has 0 spiro atoms. The van der Waals surface area contributed by atoms with E-state index in [1.54, 1.807) is 0 Å². The van der Waals surface area contributed by atoms with Crippen LogP contribution in [-0.4, -0.2) is 0 Å². The van der Waals surface area contributed by atoms with Gasteiger partial charge in [-0.05, 0) is 42.2 Å². The maximum Gasteiger partial charge on any atom is 0.0388 e. The van der Waals surface area contributed by atoms with Crippen LogP contribution in [0, 0.1) is 0 Å². The van der Waals surface area contributed by atoms with Gasteiger partial charge in [-0.15, -0.1) is 0 Å². The molecule has 0 amide bonds. The summed E-state index contributed by atoms with van der Waals surface area (Å²) in [5.41, 5.74) is 15.3. The van der Waals surface area contributed by atoms with Crippen molar-refractivity contribution >= 4 is 11.8 Å². The van der Waals surface area contributed by atoms with Crippen LogP contribution in [0.5, 0.6) is 0 Å². The van der Waals surface area contributed by atoms with E-state index in [0.29, 0.717) is 5.92 Å². The highest BCUT2D eigenvalue weighted by atomic mass is 14.6. The highest BCUT2D eigenvalue weighted by Crippen LogP contribution is 2.21. The highest BCUT2D eigenvalue weighted by Gasteiger charge is 2.02. The highest BCUT2D eigenvalue weighted by molar-refractivity contribution is 5.66. The van der Waals surface area contributed by atoms with Crippen LogP contribution < -0.4 is 11.5 Å². The van der Waals surface area contributed by atoms with Crippen molar-refractivity contribution in [2.45, 2.75) is 26.7 Å². The Balaban J connectivity index is 3.15. The minimum absolute atomic E-state index is 0.515. The Labute approximate surface area is 85.6 Å². The molecule has 0 aliphatic heterocycles. The third kappa shape index (κ3) is 2.52. The number of allylic oxidation sites excluding steroid dienone is 1. The number of nitrogens with two attached hydrogens (primary N) is 2. The van der Waals surface area contributed by atoms with E-state index in [1.807, 2.05) is 19.1 Å². The summed E-state index contributed by atoms with van der Waals surface area (Å²) in [5, 5.41) is 0. The number of nitrogen functional groups attached to an aromatic ring is 1. The minimum atomic E-state index is 0.515. The molecule has 1 rings (SSSR count). The fourth-order valence-electron chi connectivity index (χ4n) is 1.32. The molecule has 0 aliphatic rings. The molecule has 0 saturated carbocycles. The van der Waals surface area contributed by atoms with E-state index in [1.165, 1.54) is 5.56 Å². The normalized spacial score (nSPS) is 12.1. The molecule has 0 bridgehead atoms. The van der Waals surface area contributed by atoms with Gasteiger partial charge in [-0.25, -0.2) is 0 Å². The molecule has 1 aromatic rings. The van der Waals surface area contributed by atoms with Gasteiger partial charge in [0.15, 0.2) is 0 Å². The number of rotatable bonds is 2. The van der Waals surface area contributed by atoms with Crippen molar-refractivity contribution < 1.29 is 0 Å². The van der Waals surface area contributed by atoms with Crippen molar-refractivity contribution in [1.82, 2.24) is 0 Å². The van der Waals surface area contributed by atoms with E-state index >= 15 is 0 Å². The van der Waals surface area contributed by atoms with Crippen LogP contribution in [0.1, 0.15) is 37.8 Å². The maximum atomic E-state index is 5.84. The first-order valence-corrected chi connectivity index (χ1v) is 4.84. The monoisotopic (exact) mass is 190 g/mol.